The van der Waals surface area contributed by atoms with E-state index in [1.807, 2.05) is 31.5 Å². The van der Waals surface area contributed by atoms with Gasteiger partial charge in [-0.3, -0.25) is 0 Å². The topological polar surface area (TPSA) is 49.2 Å². The highest BCUT2D eigenvalue weighted by atomic mass is 32.1. The summed E-state index contributed by atoms with van der Waals surface area (Å²) in [5.74, 6) is 2.52. The lowest BCUT2D eigenvalue weighted by Gasteiger charge is -2.21. The number of fused-ring (bicyclic) bond motifs is 1. The number of hydrogen-bond donors (Lipinski definition) is 0. The van der Waals surface area contributed by atoms with Gasteiger partial charge in [-0.1, -0.05) is 0 Å². The van der Waals surface area contributed by atoms with E-state index >= 15 is 0 Å². The van der Waals surface area contributed by atoms with Gasteiger partial charge in [-0.2, -0.15) is 0 Å². The first-order valence-corrected chi connectivity index (χ1v) is 8.87. The molecular formula is C18H19N3O2S. The fourth-order valence-corrected chi connectivity index (χ4v) is 3.80. The first-order valence-electron chi connectivity index (χ1n) is 7.99. The smallest absolute Gasteiger partial charge is 0.162 e. The quantitative estimate of drug-likeness (QED) is 0.722. The van der Waals surface area contributed by atoms with Crippen molar-refractivity contribution in [2.45, 2.75) is 26.8 Å². The Balaban J connectivity index is 1.77. The van der Waals surface area contributed by atoms with Crippen molar-refractivity contribution in [3.63, 3.8) is 0 Å². The molecule has 0 bridgehead atoms. The molecule has 2 aromatic heterocycles. The standard InChI is InChI=1S/C18H19N3O2S/c1-11-8-15-16(23-7-6-22-15)9-14(11)17-19-4-5-21(17)13(3)18-20-12(2)10-24-18/h4-5,8-10,13H,6-7H2,1-3H3. The van der Waals surface area contributed by atoms with Gasteiger partial charge in [0.2, 0.25) is 0 Å². The van der Waals surface area contributed by atoms with Crippen LogP contribution in [0.4, 0.5) is 0 Å². The fourth-order valence-electron chi connectivity index (χ4n) is 2.95. The molecule has 5 nitrogen and oxygen atoms in total. The molecule has 0 saturated heterocycles. The molecule has 24 heavy (non-hydrogen) atoms. The van der Waals surface area contributed by atoms with E-state index in [1.165, 1.54) is 0 Å². The number of hydrogen-bond acceptors (Lipinski definition) is 5. The van der Waals surface area contributed by atoms with Gasteiger partial charge in [0.05, 0.1) is 6.04 Å². The largest absolute Gasteiger partial charge is 0.486 e. The van der Waals surface area contributed by atoms with Gasteiger partial charge in [0, 0.05) is 29.0 Å². The van der Waals surface area contributed by atoms with Crippen molar-refractivity contribution in [1.29, 1.82) is 0 Å². The molecule has 0 radical (unpaired) electrons. The Labute approximate surface area is 144 Å². The van der Waals surface area contributed by atoms with Gasteiger partial charge in [-0.15, -0.1) is 11.3 Å². The maximum Gasteiger partial charge on any atom is 0.162 e. The Kier molecular flexibility index (Phi) is 3.76. The zero-order chi connectivity index (χ0) is 16.7. The number of aromatic nitrogens is 3. The molecule has 0 fully saturated rings. The van der Waals surface area contributed by atoms with Crippen LogP contribution in [-0.4, -0.2) is 27.7 Å². The molecule has 124 valence electrons. The van der Waals surface area contributed by atoms with Crippen LogP contribution < -0.4 is 9.47 Å². The Hall–Kier alpha value is -2.34. The van der Waals surface area contributed by atoms with E-state index in [0.717, 1.165) is 39.2 Å². The molecule has 0 N–H and O–H groups in total. The second-order valence-electron chi connectivity index (χ2n) is 5.97. The monoisotopic (exact) mass is 341 g/mol. The van der Waals surface area contributed by atoms with Crippen LogP contribution in [0.15, 0.2) is 29.9 Å². The molecule has 0 saturated carbocycles. The minimum Gasteiger partial charge on any atom is -0.486 e. The van der Waals surface area contributed by atoms with E-state index in [2.05, 4.69) is 33.8 Å². The molecule has 4 rings (SSSR count). The van der Waals surface area contributed by atoms with Gasteiger partial charge < -0.3 is 14.0 Å². The zero-order valence-electron chi connectivity index (χ0n) is 13.9. The maximum atomic E-state index is 5.73. The van der Waals surface area contributed by atoms with Crippen molar-refractivity contribution in [2.75, 3.05) is 13.2 Å². The lowest BCUT2D eigenvalue weighted by molar-refractivity contribution is 0.171. The molecule has 0 spiro atoms. The number of nitrogens with zero attached hydrogens (tertiary/aromatic N) is 3. The Morgan fingerprint density at radius 1 is 1.17 bits per heavy atom. The van der Waals surface area contributed by atoms with Crippen molar-refractivity contribution in [1.82, 2.24) is 14.5 Å². The molecule has 1 atom stereocenters. The number of thiazole rings is 1. The van der Waals surface area contributed by atoms with E-state index in [-0.39, 0.29) is 6.04 Å². The first-order chi connectivity index (χ1) is 11.6. The molecule has 3 aromatic rings. The molecule has 1 aliphatic heterocycles. The third-order valence-electron chi connectivity index (χ3n) is 4.21. The predicted octanol–water partition coefficient (Wildman–Crippen LogP) is 4.00. The lowest BCUT2D eigenvalue weighted by atomic mass is 10.1. The summed E-state index contributed by atoms with van der Waals surface area (Å²) in [6.45, 7) is 7.42. The normalized spacial score (nSPS) is 14.6. The highest BCUT2D eigenvalue weighted by molar-refractivity contribution is 7.09. The van der Waals surface area contributed by atoms with Crippen LogP contribution in [0.5, 0.6) is 11.5 Å². The van der Waals surface area contributed by atoms with Crippen LogP contribution in [0, 0.1) is 13.8 Å². The van der Waals surface area contributed by atoms with E-state index in [9.17, 15) is 0 Å². The third-order valence-corrected chi connectivity index (χ3v) is 5.34. The van der Waals surface area contributed by atoms with Gasteiger partial charge in [0.1, 0.15) is 24.0 Å². The minimum atomic E-state index is 0.133. The minimum absolute atomic E-state index is 0.133. The Morgan fingerprint density at radius 2 is 1.92 bits per heavy atom. The van der Waals surface area contributed by atoms with Crippen molar-refractivity contribution in [2.24, 2.45) is 0 Å². The Bertz CT molecular complexity index is 884. The predicted molar refractivity (Wildman–Crippen MR) is 94.1 cm³/mol. The molecule has 6 heteroatoms. The van der Waals surface area contributed by atoms with Crippen LogP contribution >= 0.6 is 11.3 Å². The van der Waals surface area contributed by atoms with Crippen LogP contribution in [0.2, 0.25) is 0 Å². The molecule has 0 amide bonds. The Morgan fingerprint density at radius 3 is 2.62 bits per heavy atom. The van der Waals surface area contributed by atoms with Crippen molar-refractivity contribution >= 4 is 11.3 Å². The number of ether oxygens (including phenoxy) is 2. The van der Waals surface area contributed by atoms with Crippen molar-refractivity contribution < 1.29 is 9.47 Å². The van der Waals surface area contributed by atoms with E-state index in [1.54, 1.807) is 11.3 Å². The summed E-state index contributed by atoms with van der Waals surface area (Å²) >= 11 is 1.68. The van der Waals surface area contributed by atoms with Gasteiger partial charge >= 0.3 is 0 Å². The van der Waals surface area contributed by atoms with Crippen molar-refractivity contribution in [3.8, 4) is 22.9 Å². The summed E-state index contributed by atoms with van der Waals surface area (Å²) in [6.07, 6.45) is 3.84. The summed E-state index contributed by atoms with van der Waals surface area (Å²) in [5, 5.41) is 3.17. The van der Waals surface area contributed by atoms with Gasteiger partial charge in [0.15, 0.2) is 11.5 Å². The van der Waals surface area contributed by atoms with E-state index in [0.29, 0.717) is 13.2 Å². The average Bonchev–Trinajstić information content (AvgIpc) is 3.22. The van der Waals surface area contributed by atoms with Crippen molar-refractivity contribution in [3.05, 3.63) is 46.2 Å². The molecule has 1 aliphatic rings. The highest BCUT2D eigenvalue weighted by Gasteiger charge is 2.20. The van der Waals surface area contributed by atoms with Crippen LogP contribution in [0.3, 0.4) is 0 Å². The van der Waals surface area contributed by atoms with E-state index in [4.69, 9.17) is 9.47 Å². The molecular weight excluding hydrogens is 322 g/mol. The van der Waals surface area contributed by atoms with Gasteiger partial charge in [-0.25, -0.2) is 9.97 Å². The molecule has 1 aromatic carbocycles. The summed E-state index contributed by atoms with van der Waals surface area (Å²) in [7, 11) is 0. The van der Waals surface area contributed by atoms with Gasteiger partial charge in [0.25, 0.3) is 0 Å². The van der Waals surface area contributed by atoms with Crippen LogP contribution in [-0.2, 0) is 0 Å². The maximum absolute atomic E-state index is 5.73. The first kappa shape index (κ1) is 15.2. The number of imidazole rings is 1. The third kappa shape index (κ3) is 2.57. The SMILES string of the molecule is Cc1csc(C(C)n2ccnc2-c2cc3c(cc2C)OCCO3)n1. The summed E-state index contributed by atoms with van der Waals surface area (Å²) in [5.41, 5.74) is 3.23. The molecule has 1 unspecified atom stereocenters. The molecule has 0 aliphatic carbocycles. The van der Waals surface area contributed by atoms with Crippen LogP contribution in [0.25, 0.3) is 11.4 Å². The second kappa shape index (κ2) is 5.94. The number of aryl methyl sites for hydroxylation is 2. The summed E-state index contributed by atoms with van der Waals surface area (Å²) in [4.78, 5) is 9.21. The fraction of sp³-hybridized carbons (Fsp3) is 0.333. The van der Waals surface area contributed by atoms with Crippen LogP contribution in [0.1, 0.15) is 29.2 Å². The number of rotatable bonds is 3. The lowest BCUT2D eigenvalue weighted by Crippen LogP contribution is -2.16. The van der Waals surface area contributed by atoms with Gasteiger partial charge in [-0.05, 0) is 38.5 Å². The summed E-state index contributed by atoms with van der Waals surface area (Å²) in [6, 6.07) is 4.19. The summed E-state index contributed by atoms with van der Waals surface area (Å²) < 4.78 is 13.6. The number of benzene rings is 1. The van der Waals surface area contributed by atoms with E-state index < -0.39 is 0 Å². The molecule has 3 heterocycles. The average molecular weight is 341 g/mol. The second-order valence-corrected chi connectivity index (χ2v) is 6.86. The zero-order valence-corrected chi connectivity index (χ0v) is 14.8. The highest BCUT2D eigenvalue weighted by Crippen LogP contribution is 2.37.